The van der Waals surface area contributed by atoms with E-state index in [0.717, 1.165) is 42.6 Å². The molecule has 2 aromatic rings. The SMILES string of the molecule is C=c1ccc2c(c1)[Si](C(C)(C)C)(C(C)(C)C)c1cc(N3CCOCC3)ccc1N=2. The second kappa shape index (κ2) is 6.81. The number of ether oxygens (including phenoxy) is 1. The number of hydrogen-bond acceptors (Lipinski definition) is 3. The van der Waals surface area contributed by atoms with Crippen molar-refractivity contribution in [2.75, 3.05) is 31.2 Å². The molecular weight excluding hydrogens is 372 g/mol. The van der Waals surface area contributed by atoms with E-state index in [9.17, 15) is 0 Å². The number of nitrogens with zero attached hydrogens (tertiary/aromatic N) is 2. The van der Waals surface area contributed by atoms with Gasteiger partial charge in [0.25, 0.3) is 0 Å². The molecule has 0 amide bonds. The molecule has 3 nitrogen and oxygen atoms in total. The number of morpholine rings is 1. The Bertz CT molecular complexity index is 1030. The van der Waals surface area contributed by atoms with Crippen molar-refractivity contribution in [3.8, 4) is 0 Å². The summed E-state index contributed by atoms with van der Waals surface area (Å²) in [6.07, 6.45) is 0. The molecular formula is C25H34N2OSi. The molecule has 0 bridgehead atoms. The van der Waals surface area contributed by atoms with Crippen LogP contribution in [-0.4, -0.2) is 34.4 Å². The fraction of sp³-hybridized carbons (Fsp3) is 0.480. The van der Waals surface area contributed by atoms with Crippen molar-refractivity contribution >= 4 is 36.4 Å². The lowest BCUT2D eigenvalue weighted by Crippen LogP contribution is -2.74. The normalized spacial score (nSPS) is 18.6. The molecule has 0 unspecified atom stereocenters. The molecule has 1 fully saturated rings. The van der Waals surface area contributed by atoms with Crippen LogP contribution in [-0.2, 0) is 4.74 Å². The Hall–Kier alpha value is -1.91. The lowest BCUT2D eigenvalue weighted by molar-refractivity contribution is 0.122. The zero-order chi connectivity index (χ0) is 21.0. The van der Waals surface area contributed by atoms with Crippen LogP contribution in [0, 0.1) is 0 Å². The van der Waals surface area contributed by atoms with Gasteiger partial charge in [0.15, 0.2) is 0 Å². The Labute approximate surface area is 176 Å². The first-order valence-electron chi connectivity index (χ1n) is 10.7. The molecule has 0 aromatic heterocycles. The Kier molecular flexibility index (Phi) is 4.78. The first-order chi connectivity index (χ1) is 13.6. The lowest BCUT2D eigenvalue weighted by atomic mass is 10.2. The van der Waals surface area contributed by atoms with Gasteiger partial charge in [-0.05, 0) is 49.9 Å². The summed E-state index contributed by atoms with van der Waals surface area (Å²) < 4.78 is 5.58. The summed E-state index contributed by atoms with van der Waals surface area (Å²) in [5.41, 5.74) is 2.46. The highest BCUT2D eigenvalue weighted by Crippen LogP contribution is 2.51. The predicted octanol–water partition coefficient (Wildman–Crippen LogP) is 3.36. The monoisotopic (exact) mass is 406 g/mol. The average Bonchev–Trinajstić information content (AvgIpc) is 2.64. The maximum atomic E-state index is 5.58. The van der Waals surface area contributed by atoms with Crippen LogP contribution < -0.4 is 25.8 Å². The van der Waals surface area contributed by atoms with Gasteiger partial charge in [-0.2, -0.15) is 0 Å². The van der Waals surface area contributed by atoms with Crippen LogP contribution in [0.1, 0.15) is 41.5 Å². The maximum Gasteiger partial charge on any atom is 0.134 e. The van der Waals surface area contributed by atoms with Crippen molar-refractivity contribution in [3.63, 3.8) is 0 Å². The smallest absolute Gasteiger partial charge is 0.134 e. The fourth-order valence-electron chi connectivity index (χ4n) is 5.94. The van der Waals surface area contributed by atoms with E-state index >= 15 is 0 Å². The third kappa shape index (κ3) is 3.08. The topological polar surface area (TPSA) is 24.8 Å². The van der Waals surface area contributed by atoms with Gasteiger partial charge in [0.2, 0.25) is 0 Å². The minimum absolute atomic E-state index is 0.127. The standard InChI is InChI=1S/C25H34N2OSi/c1-18-8-10-20-22(16-18)29(24(2,3)4,25(5,6)7)23-17-19(9-11-21(23)26-20)27-12-14-28-15-13-27/h8-11,16-17H,1,12-15H2,2-7H3. The third-order valence-corrected chi connectivity index (χ3v) is 13.6. The van der Waals surface area contributed by atoms with Crippen molar-refractivity contribution in [2.45, 2.75) is 51.6 Å². The third-order valence-electron chi connectivity index (χ3n) is 6.72. The summed E-state index contributed by atoms with van der Waals surface area (Å²) in [5, 5.41) is 5.39. The quantitative estimate of drug-likeness (QED) is 0.679. The number of rotatable bonds is 1. The number of fused-ring (bicyclic) bond motifs is 2. The first kappa shape index (κ1) is 20.4. The van der Waals surface area contributed by atoms with Crippen LogP contribution in [0.25, 0.3) is 6.58 Å². The number of anilines is 1. The Morgan fingerprint density at radius 2 is 1.55 bits per heavy atom. The van der Waals surface area contributed by atoms with Crippen LogP contribution in [0.3, 0.4) is 0 Å². The second-order valence-electron chi connectivity index (χ2n) is 10.5. The molecule has 154 valence electrons. The first-order valence-corrected chi connectivity index (χ1v) is 12.7. The van der Waals surface area contributed by atoms with Gasteiger partial charge >= 0.3 is 0 Å². The predicted molar refractivity (Wildman–Crippen MR) is 126 cm³/mol. The van der Waals surface area contributed by atoms with Gasteiger partial charge in [0.05, 0.1) is 24.3 Å². The largest absolute Gasteiger partial charge is 0.378 e. The highest BCUT2D eigenvalue weighted by atomic mass is 28.3. The van der Waals surface area contributed by atoms with Crippen molar-refractivity contribution in [1.82, 2.24) is 0 Å². The summed E-state index contributed by atoms with van der Waals surface area (Å²) in [5.74, 6) is 0. The minimum Gasteiger partial charge on any atom is -0.378 e. The molecule has 29 heavy (non-hydrogen) atoms. The van der Waals surface area contributed by atoms with Gasteiger partial charge in [-0.15, -0.1) is 0 Å². The number of benzene rings is 2. The van der Waals surface area contributed by atoms with Crippen molar-refractivity contribution in [1.29, 1.82) is 0 Å². The van der Waals surface area contributed by atoms with Gasteiger partial charge in [0.1, 0.15) is 8.07 Å². The van der Waals surface area contributed by atoms with Crippen LogP contribution in [0.5, 0.6) is 0 Å². The van der Waals surface area contributed by atoms with Crippen LogP contribution in [0.2, 0.25) is 10.1 Å². The fourth-order valence-corrected chi connectivity index (χ4v) is 13.5. The number of hydrogen-bond donors (Lipinski definition) is 0. The van der Waals surface area contributed by atoms with Crippen molar-refractivity contribution < 1.29 is 4.74 Å². The van der Waals surface area contributed by atoms with E-state index in [1.165, 1.54) is 16.1 Å². The maximum absolute atomic E-state index is 5.58. The highest BCUT2D eigenvalue weighted by molar-refractivity contribution is 7.07. The molecule has 0 aliphatic carbocycles. The van der Waals surface area contributed by atoms with Crippen molar-refractivity contribution in [2.24, 2.45) is 4.99 Å². The molecule has 0 atom stereocenters. The van der Waals surface area contributed by atoms with E-state index < -0.39 is 8.07 Å². The van der Waals surface area contributed by atoms with Gasteiger partial charge in [-0.3, -0.25) is 0 Å². The van der Waals surface area contributed by atoms with Gasteiger partial charge in [-0.1, -0.05) is 60.3 Å². The Balaban J connectivity index is 2.08. The van der Waals surface area contributed by atoms with E-state index in [-0.39, 0.29) is 10.1 Å². The molecule has 0 radical (unpaired) electrons. The van der Waals surface area contributed by atoms with Gasteiger partial charge < -0.3 is 9.64 Å². The molecule has 4 heteroatoms. The van der Waals surface area contributed by atoms with Crippen LogP contribution in [0.4, 0.5) is 11.4 Å². The van der Waals surface area contributed by atoms with Crippen LogP contribution in [0.15, 0.2) is 41.4 Å². The van der Waals surface area contributed by atoms with E-state index in [1.807, 2.05) is 0 Å². The Morgan fingerprint density at radius 1 is 0.897 bits per heavy atom. The summed E-state index contributed by atoms with van der Waals surface area (Å²) in [6, 6.07) is 13.6. The minimum atomic E-state index is -2.25. The molecule has 0 N–H and O–H groups in total. The zero-order valence-electron chi connectivity index (χ0n) is 18.8. The second-order valence-corrected chi connectivity index (χ2v) is 16.1. The Morgan fingerprint density at radius 3 is 2.17 bits per heavy atom. The van der Waals surface area contributed by atoms with Gasteiger partial charge in [-0.25, -0.2) is 4.99 Å². The zero-order valence-corrected chi connectivity index (χ0v) is 19.8. The van der Waals surface area contributed by atoms with Crippen molar-refractivity contribution in [3.05, 3.63) is 47.0 Å². The lowest BCUT2D eigenvalue weighted by Gasteiger charge is -2.54. The van der Waals surface area contributed by atoms with Gasteiger partial charge in [0, 0.05) is 18.8 Å². The summed E-state index contributed by atoms with van der Waals surface area (Å²) in [7, 11) is -2.25. The molecule has 2 aliphatic rings. The molecule has 0 spiro atoms. The molecule has 2 aliphatic heterocycles. The highest BCUT2D eigenvalue weighted by Gasteiger charge is 2.58. The van der Waals surface area contributed by atoms with E-state index in [1.54, 1.807) is 0 Å². The molecule has 0 saturated carbocycles. The molecule has 1 saturated heterocycles. The van der Waals surface area contributed by atoms with Crippen LogP contribution >= 0.6 is 0 Å². The molecule has 2 aromatic carbocycles. The summed E-state index contributed by atoms with van der Waals surface area (Å²) in [6.45, 7) is 22.4. The summed E-state index contributed by atoms with van der Waals surface area (Å²) in [4.78, 5) is 7.58. The average molecular weight is 407 g/mol. The van der Waals surface area contributed by atoms with E-state index in [2.05, 4.69) is 89.4 Å². The molecule has 4 rings (SSSR count). The molecule has 2 heterocycles. The van der Waals surface area contributed by atoms with E-state index in [4.69, 9.17) is 9.73 Å². The van der Waals surface area contributed by atoms with E-state index in [0.29, 0.717) is 0 Å². The summed E-state index contributed by atoms with van der Waals surface area (Å²) >= 11 is 0.